The highest BCUT2D eigenvalue weighted by Crippen LogP contribution is 2.21. The predicted octanol–water partition coefficient (Wildman–Crippen LogP) is 1.91. The third-order valence-corrected chi connectivity index (χ3v) is 1.80. The normalized spacial score (nSPS) is 11.6. The summed E-state index contributed by atoms with van der Waals surface area (Å²) in [6, 6.07) is 5.27. The summed E-state index contributed by atoms with van der Waals surface area (Å²) in [5.74, 6) is 0.439. The first kappa shape index (κ1) is 8.97. The molecule has 0 saturated carbocycles. The standard InChI is InChI=1S/C9H13FN2/c1-9(2,6-10)7-4-3-5-8(11)12-7/h3-5H,6H2,1-2H3,(H2,11,12). The molecule has 3 heteroatoms. The highest BCUT2D eigenvalue weighted by molar-refractivity contribution is 5.31. The van der Waals surface area contributed by atoms with E-state index in [2.05, 4.69) is 4.98 Å². The van der Waals surface area contributed by atoms with Gasteiger partial charge in [-0.1, -0.05) is 19.9 Å². The molecule has 0 bridgehead atoms. The van der Waals surface area contributed by atoms with Crippen LogP contribution in [0.4, 0.5) is 10.2 Å². The molecule has 0 aliphatic carbocycles. The molecule has 12 heavy (non-hydrogen) atoms. The lowest BCUT2D eigenvalue weighted by Gasteiger charge is -2.19. The summed E-state index contributed by atoms with van der Waals surface area (Å²) in [6.45, 7) is 3.17. The van der Waals surface area contributed by atoms with E-state index < -0.39 is 12.1 Å². The van der Waals surface area contributed by atoms with E-state index in [1.807, 2.05) is 0 Å². The first-order chi connectivity index (χ1) is 5.56. The highest BCUT2D eigenvalue weighted by atomic mass is 19.1. The molecule has 0 atom stereocenters. The number of nitrogens with two attached hydrogens (primary N) is 1. The summed E-state index contributed by atoms with van der Waals surface area (Å²) in [4.78, 5) is 4.05. The molecule has 0 unspecified atom stereocenters. The summed E-state index contributed by atoms with van der Waals surface area (Å²) >= 11 is 0. The third-order valence-electron chi connectivity index (χ3n) is 1.80. The van der Waals surface area contributed by atoms with Crippen LogP contribution in [0.5, 0.6) is 0 Å². The molecule has 0 radical (unpaired) electrons. The monoisotopic (exact) mass is 168 g/mol. The average molecular weight is 168 g/mol. The lowest BCUT2D eigenvalue weighted by Crippen LogP contribution is -2.21. The van der Waals surface area contributed by atoms with Crippen LogP contribution in [-0.2, 0) is 5.41 Å². The zero-order valence-corrected chi connectivity index (χ0v) is 7.34. The molecule has 1 heterocycles. The van der Waals surface area contributed by atoms with Crippen LogP contribution in [0.3, 0.4) is 0 Å². The Hall–Kier alpha value is -1.12. The lowest BCUT2D eigenvalue weighted by molar-refractivity contribution is 0.344. The quantitative estimate of drug-likeness (QED) is 0.732. The van der Waals surface area contributed by atoms with Gasteiger partial charge in [0.05, 0.1) is 5.69 Å². The van der Waals surface area contributed by atoms with Crippen LogP contribution in [0.15, 0.2) is 18.2 Å². The SMILES string of the molecule is CC(C)(CF)c1cccc(N)n1. The third kappa shape index (κ3) is 1.72. The van der Waals surface area contributed by atoms with Gasteiger partial charge in [0.15, 0.2) is 0 Å². The lowest BCUT2D eigenvalue weighted by atomic mass is 9.91. The van der Waals surface area contributed by atoms with Gasteiger partial charge in [-0.3, -0.25) is 4.39 Å². The van der Waals surface area contributed by atoms with Crippen LogP contribution in [0.25, 0.3) is 0 Å². The van der Waals surface area contributed by atoms with Gasteiger partial charge in [-0.2, -0.15) is 0 Å². The van der Waals surface area contributed by atoms with Crippen molar-refractivity contribution in [1.29, 1.82) is 0 Å². The second kappa shape index (κ2) is 3.09. The van der Waals surface area contributed by atoms with Gasteiger partial charge in [-0.25, -0.2) is 4.98 Å². The van der Waals surface area contributed by atoms with Gasteiger partial charge in [0.2, 0.25) is 0 Å². The fourth-order valence-corrected chi connectivity index (χ4v) is 0.897. The first-order valence-corrected chi connectivity index (χ1v) is 3.85. The van der Waals surface area contributed by atoms with E-state index in [1.165, 1.54) is 0 Å². The van der Waals surface area contributed by atoms with Crippen molar-refractivity contribution in [1.82, 2.24) is 4.98 Å². The van der Waals surface area contributed by atoms with E-state index in [-0.39, 0.29) is 0 Å². The molecule has 66 valence electrons. The van der Waals surface area contributed by atoms with Crippen molar-refractivity contribution in [3.8, 4) is 0 Å². The molecule has 0 fully saturated rings. The maximum atomic E-state index is 12.5. The summed E-state index contributed by atoms with van der Waals surface area (Å²) < 4.78 is 12.5. The second-order valence-corrected chi connectivity index (χ2v) is 3.47. The van der Waals surface area contributed by atoms with Crippen LogP contribution < -0.4 is 5.73 Å². The number of anilines is 1. The molecule has 0 spiro atoms. The largest absolute Gasteiger partial charge is 0.384 e. The maximum Gasteiger partial charge on any atom is 0.123 e. The fourth-order valence-electron chi connectivity index (χ4n) is 0.897. The number of nitrogens with zero attached hydrogens (tertiary/aromatic N) is 1. The fraction of sp³-hybridized carbons (Fsp3) is 0.444. The number of halogens is 1. The summed E-state index contributed by atoms with van der Waals surface area (Å²) in [6.07, 6.45) is 0. The molecule has 2 N–H and O–H groups in total. The molecule has 0 aromatic carbocycles. The summed E-state index contributed by atoms with van der Waals surface area (Å²) in [7, 11) is 0. The van der Waals surface area contributed by atoms with Crippen LogP contribution >= 0.6 is 0 Å². The van der Waals surface area contributed by atoms with Crippen molar-refractivity contribution in [2.24, 2.45) is 0 Å². The van der Waals surface area contributed by atoms with E-state index in [0.717, 1.165) is 0 Å². The van der Waals surface area contributed by atoms with Gasteiger partial charge >= 0.3 is 0 Å². The molecule has 0 aliphatic heterocycles. The van der Waals surface area contributed by atoms with Gasteiger partial charge in [0, 0.05) is 5.41 Å². The van der Waals surface area contributed by atoms with Gasteiger partial charge in [0.25, 0.3) is 0 Å². The van der Waals surface area contributed by atoms with Crippen LogP contribution in [0.2, 0.25) is 0 Å². The van der Waals surface area contributed by atoms with E-state index in [0.29, 0.717) is 11.5 Å². The molecule has 0 amide bonds. The zero-order chi connectivity index (χ0) is 9.19. The van der Waals surface area contributed by atoms with Crippen LogP contribution in [0.1, 0.15) is 19.5 Å². The molecule has 2 nitrogen and oxygen atoms in total. The number of aromatic nitrogens is 1. The van der Waals surface area contributed by atoms with Crippen LogP contribution in [-0.4, -0.2) is 11.7 Å². The molecule has 1 aromatic heterocycles. The number of hydrogen-bond acceptors (Lipinski definition) is 2. The Morgan fingerprint density at radius 2 is 2.17 bits per heavy atom. The Balaban J connectivity index is 3.03. The molecule has 0 saturated heterocycles. The molecule has 0 aliphatic rings. The Morgan fingerprint density at radius 3 is 2.67 bits per heavy atom. The Bertz CT molecular complexity index is 271. The van der Waals surface area contributed by atoms with Crippen molar-refractivity contribution >= 4 is 5.82 Å². The smallest absolute Gasteiger partial charge is 0.123 e. The van der Waals surface area contributed by atoms with Crippen molar-refractivity contribution in [3.05, 3.63) is 23.9 Å². The Morgan fingerprint density at radius 1 is 1.50 bits per heavy atom. The number of rotatable bonds is 2. The Kier molecular flexibility index (Phi) is 2.31. The zero-order valence-electron chi connectivity index (χ0n) is 7.34. The Labute approximate surface area is 71.6 Å². The van der Waals surface area contributed by atoms with E-state index in [9.17, 15) is 4.39 Å². The molecular weight excluding hydrogens is 155 g/mol. The topological polar surface area (TPSA) is 38.9 Å². The van der Waals surface area contributed by atoms with Crippen molar-refractivity contribution < 1.29 is 4.39 Å². The van der Waals surface area contributed by atoms with Crippen molar-refractivity contribution in [3.63, 3.8) is 0 Å². The minimum atomic E-state index is -0.532. The minimum Gasteiger partial charge on any atom is -0.384 e. The van der Waals surface area contributed by atoms with Crippen LogP contribution in [0, 0.1) is 0 Å². The van der Waals surface area contributed by atoms with Gasteiger partial charge in [0.1, 0.15) is 12.5 Å². The number of pyridine rings is 1. The van der Waals surface area contributed by atoms with E-state index in [1.54, 1.807) is 32.0 Å². The summed E-state index contributed by atoms with van der Waals surface area (Å²) in [5, 5.41) is 0. The van der Waals surface area contributed by atoms with Gasteiger partial charge < -0.3 is 5.73 Å². The van der Waals surface area contributed by atoms with Gasteiger partial charge in [-0.05, 0) is 12.1 Å². The average Bonchev–Trinajstić information content (AvgIpc) is 2.05. The minimum absolute atomic E-state index is 0.427. The van der Waals surface area contributed by atoms with Gasteiger partial charge in [-0.15, -0.1) is 0 Å². The number of alkyl halides is 1. The van der Waals surface area contributed by atoms with Crippen molar-refractivity contribution in [2.45, 2.75) is 19.3 Å². The molecule has 1 aromatic rings. The predicted molar refractivity (Wildman–Crippen MR) is 47.7 cm³/mol. The number of hydrogen-bond donors (Lipinski definition) is 1. The highest BCUT2D eigenvalue weighted by Gasteiger charge is 2.21. The number of nitrogen functional groups attached to an aromatic ring is 1. The van der Waals surface area contributed by atoms with Crippen molar-refractivity contribution in [2.75, 3.05) is 12.4 Å². The molecular formula is C9H13FN2. The van der Waals surface area contributed by atoms with E-state index >= 15 is 0 Å². The molecule has 1 rings (SSSR count). The van der Waals surface area contributed by atoms with E-state index in [4.69, 9.17) is 5.73 Å². The first-order valence-electron chi connectivity index (χ1n) is 3.85. The summed E-state index contributed by atoms with van der Waals surface area (Å²) in [5.41, 5.74) is 5.64. The maximum absolute atomic E-state index is 12.5. The second-order valence-electron chi connectivity index (χ2n) is 3.47.